The van der Waals surface area contributed by atoms with Gasteiger partial charge in [-0.25, -0.2) is 4.98 Å². The summed E-state index contributed by atoms with van der Waals surface area (Å²) in [6.45, 7) is 2.02. The van der Waals surface area contributed by atoms with E-state index in [0.29, 0.717) is 5.69 Å². The molecule has 4 aromatic rings. The van der Waals surface area contributed by atoms with Gasteiger partial charge in [0.2, 0.25) is 0 Å². The Morgan fingerprint density at radius 1 is 0.906 bits per heavy atom. The van der Waals surface area contributed by atoms with Crippen molar-refractivity contribution < 1.29 is 14.6 Å². The van der Waals surface area contributed by atoms with Crippen molar-refractivity contribution in [1.29, 1.82) is 0 Å². The van der Waals surface area contributed by atoms with E-state index in [0.717, 1.165) is 16.7 Å². The van der Waals surface area contributed by atoms with Gasteiger partial charge in [0.25, 0.3) is 0 Å². The second-order valence-electron chi connectivity index (χ2n) is 7.54. The van der Waals surface area contributed by atoms with Crippen LogP contribution in [0.15, 0.2) is 104 Å². The third kappa shape index (κ3) is 4.07. The van der Waals surface area contributed by atoms with E-state index in [1.165, 1.54) is 0 Å². The number of nitrogens with zero attached hydrogens (tertiary/aromatic N) is 2. The Morgan fingerprint density at radius 2 is 1.38 bits per heavy atom. The summed E-state index contributed by atoms with van der Waals surface area (Å²) < 4.78 is 6.99. The average Bonchev–Trinajstić information content (AvgIpc) is 3.33. The van der Waals surface area contributed by atoms with Gasteiger partial charge in [0.15, 0.2) is 0 Å². The van der Waals surface area contributed by atoms with E-state index in [-0.39, 0.29) is 13.0 Å². The van der Waals surface area contributed by atoms with Crippen LogP contribution in [-0.4, -0.2) is 27.2 Å². The molecule has 0 aliphatic heterocycles. The smallest absolute Gasteiger partial charge is 0.308 e. The van der Waals surface area contributed by atoms with Crippen LogP contribution in [0, 0.1) is 0 Å². The molecule has 0 fully saturated rings. The Bertz CT molecular complexity index is 1040. The maximum absolute atomic E-state index is 11.9. The van der Waals surface area contributed by atoms with E-state index in [2.05, 4.69) is 41.4 Å². The number of imidazole rings is 1. The fourth-order valence-electron chi connectivity index (χ4n) is 4.16. The zero-order valence-corrected chi connectivity index (χ0v) is 18.0. The standard InChI is InChI=1S/C27H26N2O3/c1-2-32-26(31)18-25(30)24-19-29(20-28-24)27(21-12-6-3-7-13-21,22-14-8-4-9-15-22)23-16-10-5-11-17-23/h3-17,19-20,25,30H,2,18H2,1H3. The molecule has 1 aromatic heterocycles. The lowest BCUT2D eigenvalue weighted by Crippen LogP contribution is -2.37. The number of benzene rings is 3. The van der Waals surface area contributed by atoms with Crippen molar-refractivity contribution in [3.05, 3.63) is 126 Å². The molecule has 1 heterocycles. The van der Waals surface area contributed by atoms with Crippen molar-refractivity contribution in [3.8, 4) is 0 Å². The lowest BCUT2D eigenvalue weighted by Gasteiger charge is -2.37. The number of aliphatic hydroxyl groups is 1. The fourth-order valence-corrected chi connectivity index (χ4v) is 4.16. The third-order valence-electron chi connectivity index (χ3n) is 5.57. The Morgan fingerprint density at radius 3 is 1.81 bits per heavy atom. The molecule has 32 heavy (non-hydrogen) atoms. The number of aromatic nitrogens is 2. The summed E-state index contributed by atoms with van der Waals surface area (Å²) in [7, 11) is 0. The van der Waals surface area contributed by atoms with Crippen LogP contribution in [0.2, 0.25) is 0 Å². The monoisotopic (exact) mass is 426 g/mol. The van der Waals surface area contributed by atoms with Gasteiger partial charge in [0.1, 0.15) is 11.6 Å². The quantitative estimate of drug-likeness (QED) is 0.327. The van der Waals surface area contributed by atoms with Crippen LogP contribution in [0.5, 0.6) is 0 Å². The summed E-state index contributed by atoms with van der Waals surface area (Å²) in [6.07, 6.45) is 2.35. The molecule has 0 bridgehead atoms. The van der Waals surface area contributed by atoms with E-state index in [1.807, 2.05) is 65.4 Å². The number of hydrogen-bond acceptors (Lipinski definition) is 4. The molecule has 1 atom stereocenters. The highest BCUT2D eigenvalue weighted by atomic mass is 16.5. The minimum Gasteiger partial charge on any atom is -0.466 e. The molecule has 4 rings (SSSR count). The van der Waals surface area contributed by atoms with Gasteiger partial charge in [0.05, 0.1) is 25.0 Å². The van der Waals surface area contributed by atoms with Gasteiger partial charge in [-0.1, -0.05) is 91.0 Å². The molecule has 5 nitrogen and oxygen atoms in total. The Labute approximate surface area is 188 Å². The number of rotatable bonds is 8. The van der Waals surface area contributed by atoms with Gasteiger partial charge in [-0.05, 0) is 23.6 Å². The third-order valence-corrected chi connectivity index (χ3v) is 5.57. The molecule has 0 aliphatic rings. The molecule has 0 spiro atoms. The van der Waals surface area contributed by atoms with Crippen molar-refractivity contribution in [2.45, 2.75) is 25.0 Å². The zero-order valence-electron chi connectivity index (χ0n) is 18.0. The number of hydrogen-bond donors (Lipinski definition) is 1. The number of carbonyl (C=O) groups is 1. The average molecular weight is 427 g/mol. The highest BCUT2D eigenvalue weighted by Gasteiger charge is 2.38. The van der Waals surface area contributed by atoms with Gasteiger partial charge >= 0.3 is 5.97 Å². The summed E-state index contributed by atoms with van der Waals surface area (Å²) >= 11 is 0. The number of carbonyl (C=O) groups excluding carboxylic acids is 1. The molecule has 162 valence electrons. The molecular weight excluding hydrogens is 400 g/mol. The Balaban J connectivity index is 1.90. The van der Waals surface area contributed by atoms with Crippen molar-refractivity contribution in [2.24, 2.45) is 0 Å². The van der Waals surface area contributed by atoms with Gasteiger partial charge in [-0.2, -0.15) is 0 Å². The van der Waals surface area contributed by atoms with Crippen LogP contribution in [0.3, 0.4) is 0 Å². The van der Waals surface area contributed by atoms with Crippen molar-refractivity contribution in [2.75, 3.05) is 6.61 Å². The maximum Gasteiger partial charge on any atom is 0.308 e. The zero-order chi connectivity index (χ0) is 22.4. The second-order valence-corrected chi connectivity index (χ2v) is 7.54. The molecule has 0 radical (unpaired) electrons. The molecule has 3 aromatic carbocycles. The van der Waals surface area contributed by atoms with Crippen LogP contribution in [0.4, 0.5) is 0 Å². The minimum absolute atomic E-state index is 0.139. The lowest BCUT2D eigenvalue weighted by atomic mass is 9.77. The maximum atomic E-state index is 11.9. The van der Waals surface area contributed by atoms with E-state index >= 15 is 0 Å². The topological polar surface area (TPSA) is 64.3 Å². The molecule has 5 heteroatoms. The first-order chi connectivity index (χ1) is 15.7. The second kappa shape index (κ2) is 9.62. The normalized spacial score (nSPS) is 12.3. The van der Waals surface area contributed by atoms with E-state index in [9.17, 15) is 9.90 Å². The highest BCUT2D eigenvalue weighted by molar-refractivity contribution is 5.70. The first-order valence-electron chi connectivity index (χ1n) is 10.7. The number of aliphatic hydroxyl groups excluding tert-OH is 1. The Hall–Kier alpha value is -3.70. The van der Waals surface area contributed by atoms with Crippen LogP contribution in [0.1, 0.15) is 41.8 Å². The molecule has 0 saturated heterocycles. The summed E-state index contributed by atoms with van der Waals surface area (Å²) in [5.74, 6) is -0.449. The predicted octanol–water partition coefficient (Wildman–Crippen LogP) is 4.71. The number of esters is 1. The largest absolute Gasteiger partial charge is 0.466 e. The first kappa shape index (κ1) is 21.5. The highest BCUT2D eigenvalue weighted by Crippen LogP contribution is 2.41. The molecule has 0 aliphatic carbocycles. The van der Waals surface area contributed by atoms with E-state index in [4.69, 9.17) is 4.74 Å². The summed E-state index contributed by atoms with van der Waals surface area (Å²) in [5, 5.41) is 10.6. The van der Waals surface area contributed by atoms with E-state index in [1.54, 1.807) is 13.3 Å². The predicted molar refractivity (Wildman–Crippen MR) is 123 cm³/mol. The van der Waals surface area contributed by atoms with Gasteiger partial charge in [-0.3, -0.25) is 4.79 Å². The summed E-state index contributed by atoms with van der Waals surface area (Å²) in [6, 6.07) is 30.6. The molecule has 1 unspecified atom stereocenters. The SMILES string of the molecule is CCOC(=O)CC(O)c1cn(C(c2ccccc2)(c2ccccc2)c2ccccc2)cn1. The van der Waals surface area contributed by atoms with Crippen molar-refractivity contribution in [3.63, 3.8) is 0 Å². The summed E-state index contributed by atoms with van der Waals surface area (Å²) in [5.41, 5.74) is 2.88. The van der Waals surface area contributed by atoms with Gasteiger partial charge < -0.3 is 14.4 Å². The molecular formula is C27H26N2O3. The number of ether oxygens (including phenoxy) is 1. The molecule has 1 N–H and O–H groups in total. The van der Waals surface area contributed by atoms with E-state index < -0.39 is 17.6 Å². The van der Waals surface area contributed by atoms with Crippen molar-refractivity contribution in [1.82, 2.24) is 9.55 Å². The molecule has 0 amide bonds. The minimum atomic E-state index is -1.05. The van der Waals surface area contributed by atoms with Crippen molar-refractivity contribution >= 4 is 5.97 Å². The van der Waals surface area contributed by atoms with Crippen LogP contribution in [-0.2, 0) is 15.1 Å². The van der Waals surface area contributed by atoms with Crippen LogP contribution >= 0.6 is 0 Å². The Kier molecular flexibility index (Phi) is 6.47. The van der Waals surface area contributed by atoms with Crippen LogP contribution in [0.25, 0.3) is 0 Å². The first-order valence-corrected chi connectivity index (χ1v) is 10.7. The lowest BCUT2D eigenvalue weighted by molar-refractivity contribution is -0.145. The van der Waals surface area contributed by atoms with Gasteiger partial charge in [0, 0.05) is 6.20 Å². The fraction of sp³-hybridized carbons (Fsp3) is 0.185. The molecule has 0 saturated carbocycles. The van der Waals surface area contributed by atoms with Gasteiger partial charge in [-0.15, -0.1) is 0 Å². The van der Waals surface area contributed by atoms with Crippen LogP contribution < -0.4 is 0 Å². The summed E-state index contributed by atoms with van der Waals surface area (Å²) in [4.78, 5) is 16.4.